The number of ether oxygens (including phenoxy) is 1. The minimum Gasteiger partial charge on any atom is -0.384 e. The molecular weight excluding hydrogens is 426 g/mol. The number of hydrogen-bond donors (Lipinski definition) is 1. The molecule has 0 radical (unpaired) electrons. The fourth-order valence-electron chi connectivity index (χ4n) is 4.61. The van der Waals surface area contributed by atoms with Gasteiger partial charge in [0.15, 0.2) is 0 Å². The van der Waals surface area contributed by atoms with Crippen LogP contribution in [-0.4, -0.2) is 48.2 Å². The monoisotopic (exact) mass is 457 g/mol. The Labute approximate surface area is 194 Å². The first-order valence-corrected chi connectivity index (χ1v) is 11.8. The Kier molecular flexibility index (Phi) is 7.33. The molecule has 1 amide bonds. The van der Waals surface area contributed by atoms with Crippen molar-refractivity contribution in [3.05, 3.63) is 68.6 Å². The van der Waals surface area contributed by atoms with Gasteiger partial charge in [-0.1, -0.05) is 23.7 Å². The van der Waals surface area contributed by atoms with Crippen molar-refractivity contribution >= 4 is 17.5 Å². The number of hydrogen-bond acceptors (Lipinski definition) is 4. The zero-order valence-electron chi connectivity index (χ0n) is 18.9. The van der Waals surface area contributed by atoms with Gasteiger partial charge in [-0.3, -0.25) is 9.59 Å². The Bertz CT molecular complexity index is 1020. The molecule has 1 aliphatic heterocycles. The standard InChI is InChI=1S/C25H32ClN3O3/c1-28-11-8-18(14-24(28)30)21-7-10-27-15-22(21)25(31)29(20-4-5-20)16-19-13-17(9-12-32-2)3-6-23(19)26/h3,6,8,11,13-14,20-22,27H,4-5,7,9-10,12,15-16H2,1-2H3/t21-,22+/m0/s1. The van der Waals surface area contributed by atoms with Crippen LogP contribution in [0.2, 0.25) is 5.02 Å². The van der Waals surface area contributed by atoms with Crippen LogP contribution in [0.5, 0.6) is 0 Å². The maximum atomic E-state index is 13.8. The average molecular weight is 458 g/mol. The van der Waals surface area contributed by atoms with E-state index in [-0.39, 0.29) is 29.3 Å². The highest BCUT2D eigenvalue weighted by molar-refractivity contribution is 6.31. The van der Waals surface area contributed by atoms with Gasteiger partial charge in [-0.2, -0.15) is 0 Å². The predicted octanol–water partition coefficient (Wildman–Crippen LogP) is 3.11. The second-order valence-corrected chi connectivity index (χ2v) is 9.39. The molecule has 1 aliphatic carbocycles. The average Bonchev–Trinajstić information content (AvgIpc) is 3.64. The number of amides is 1. The van der Waals surface area contributed by atoms with Crippen molar-refractivity contribution in [1.29, 1.82) is 0 Å². The SMILES string of the molecule is COCCc1ccc(Cl)c(CN(C(=O)[C@@H]2CNCC[C@H]2c2ccn(C)c(=O)c2)C2CC2)c1. The summed E-state index contributed by atoms with van der Waals surface area (Å²) in [7, 11) is 3.44. The number of halogens is 1. The van der Waals surface area contributed by atoms with Gasteiger partial charge < -0.3 is 19.5 Å². The molecule has 0 unspecified atom stereocenters. The topological polar surface area (TPSA) is 63.6 Å². The van der Waals surface area contributed by atoms with Crippen LogP contribution in [0, 0.1) is 5.92 Å². The number of nitrogens with zero attached hydrogens (tertiary/aromatic N) is 2. The Morgan fingerprint density at radius 1 is 1.25 bits per heavy atom. The summed E-state index contributed by atoms with van der Waals surface area (Å²) in [6, 6.07) is 9.98. The van der Waals surface area contributed by atoms with Crippen LogP contribution >= 0.6 is 11.6 Å². The first-order chi connectivity index (χ1) is 15.5. The summed E-state index contributed by atoms with van der Waals surface area (Å²) >= 11 is 6.53. The first-order valence-electron chi connectivity index (χ1n) is 11.4. The van der Waals surface area contributed by atoms with E-state index in [0.29, 0.717) is 24.7 Å². The number of methoxy groups -OCH3 is 1. The summed E-state index contributed by atoms with van der Waals surface area (Å²) in [6.07, 6.45) is 5.52. The summed E-state index contributed by atoms with van der Waals surface area (Å²) < 4.78 is 6.77. The van der Waals surface area contributed by atoms with Gasteiger partial charge >= 0.3 is 0 Å². The molecule has 4 rings (SSSR count). The number of pyridine rings is 1. The predicted molar refractivity (Wildman–Crippen MR) is 126 cm³/mol. The minimum atomic E-state index is -0.188. The van der Waals surface area contributed by atoms with Gasteiger partial charge in [0.2, 0.25) is 5.91 Å². The Hall–Kier alpha value is -2.15. The van der Waals surface area contributed by atoms with Crippen molar-refractivity contribution in [2.75, 3.05) is 26.8 Å². The van der Waals surface area contributed by atoms with Crippen LogP contribution in [0.4, 0.5) is 0 Å². The van der Waals surface area contributed by atoms with Crippen molar-refractivity contribution < 1.29 is 9.53 Å². The molecule has 2 fully saturated rings. The first kappa shape index (κ1) is 23.0. The van der Waals surface area contributed by atoms with Gasteiger partial charge in [0.25, 0.3) is 5.56 Å². The van der Waals surface area contributed by atoms with Crippen LogP contribution in [0.3, 0.4) is 0 Å². The molecule has 2 aromatic rings. The van der Waals surface area contributed by atoms with E-state index in [1.165, 1.54) is 0 Å². The third-order valence-corrected chi connectivity index (χ3v) is 7.04. The summed E-state index contributed by atoms with van der Waals surface area (Å²) in [5.74, 6) is 0.0121. The zero-order chi connectivity index (χ0) is 22.7. The molecule has 1 aromatic carbocycles. The van der Waals surface area contributed by atoms with Crippen LogP contribution < -0.4 is 10.9 Å². The normalized spacial score (nSPS) is 20.8. The fourth-order valence-corrected chi connectivity index (χ4v) is 4.78. The van der Waals surface area contributed by atoms with E-state index in [1.807, 2.05) is 23.1 Å². The van der Waals surface area contributed by atoms with E-state index in [1.54, 1.807) is 31.0 Å². The summed E-state index contributed by atoms with van der Waals surface area (Å²) in [5.41, 5.74) is 3.07. The van der Waals surface area contributed by atoms with Gasteiger partial charge in [-0.25, -0.2) is 0 Å². The highest BCUT2D eigenvalue weighted by Crippen LogP contribution is 2.36. The largest absolute Gasteiger partial charge is 0.384 e. The van der Waals surface area contributed by atoms with Crippen molar-refractivity contribution in [1.82, 2.24) is 14.8 Å². The number of carbonyl (C=O) groups excluding carboxylic acids is 1. The number of carbonyl (C=O) groups is 1. The fraction of sp³-hybridized carbons (Fsp3) is 0.520. The summed E-state index contributed by atoms with van der Waals surface area (Å²) in [4.78, 5) is 28.1. The molecule has 2 aliphatic rings. The lowest BCUT2D eigenvalue weighted by molar-refractivity contribution is -0.138. The molecule has 1 N–H and O–H groups in total. The van der Waals surface area contributed by atoms with E-state index in [9.17, 15) is 9.59 Å². The molecule has 7 heteroatoms. The van der Waals surface area contributed by atoms with Crippen molar-refractivity contribution in [3.8, 4) is 0 Å². The van der Waals surface area contributed by atoms with Gasteiger partial charge in [-0.15, -0.1) is 0 Å². The van der Waals surface area contributed by atoms with Crippen LogP contribution in [0.25, 0.3) is 0 Å². The molecular formula is C25H32ClN3O3. The second-order valence-electron chi connectivity index (χ2n) is 8.98. The number of rotatable bonds is 8. The van der Waals surface area contributed by atoms with E-state index in [0.717, 1.165) is 48.9 Å². The molecule has 1 saturated carbocycles. The highest BCUT2D eigenvalue weighted by Gasteiger charge is 2.40. The van der Waals surface area contributed by atoms with E-state index in [4.69, 9.17) is 16.3 Å². The van der Waals surface area contributed by atoms with E-state index < -0.39 is 0 Å². The van der Waals surface area contributed by atoms with Gasteiger partial charge in [0.05, 0.1) is 12.5 Å². The molecule has 2 atom stereocenters. The lowest BCUT2D eigenvalue weighted by Crippen LogP contribution is -2.47. The molecule has 2 heterocycles. The van der Waals surface area contributed by atoms with Crippen LogP contribution in [0.15, 0.2) is 41.3 Å². The maximum absolute atomic E-state index is 13.8. The van der Waals surface area contributed by atoms with E-state index in [2.05, 4.69) is 11.4 Å². The minimum absolute atomic E-state index is 0.0362. The number of aryl methyl sites for hydroxylation is 1. The zero-order valence-corrected chi connectivity index (χ0v) is 19.6. The van der Waals surface area contributed by atoms with E-state index >= 15 is 0 Å². The van der Waals surface area contributed by atoms with Crippen molar-refractivity contribution in [3.63, 3.8) is 0 Å². The van der Waals surface area contributed by atoms with Gasteiger partial charge in [-0.05, 0) is 67.0 Å². The molecule has 32 heavy (non-hydrogen) atoms. The van der Waals surface area contributed by atoms with Gasteiger partial charge in [0, 0.05) is 50.6 Å². The molecule has 1 saturated heterocycles. The van der Waals surface area contributed by atoms with Crippen LogP contribution in [-0.2, 0) is 29.5 Å². The van der Waals surface area contributed by atoms with Crippen molar-refractivity contribution in [2.24, 2.45) is 13.0 Å². The molecule has 0 spiro atoms. The Balaban J connectivity index is 1.57. The molecule has 0 bridgehead atoms. The quantitative estimate of drug-likeness (QED) is 0.661. The molecule has 172 valence electrons. The smallest absolute Gasteiger partial charge is 0.250 e. The van der Waals surface area contributed by atoms with Crippen molar-refractivity contribution in [2.45, 2.75) is 44.2 Å². The Morgan fingerprint density at radius 2 is 2.06 bits per heavy atom. The van der Waals surface area contributed by atoms with Crippen LogP contribution in [0.1, 0.15) is 41.9 Å². The summed E-state index contributed by atoms with van der Waals surface area (Å²) in [6.45, 7) is 2.64. The lowest BCUT2D eigenvalue weighted by atomic mass is 9.80. The maximum Gasteiger partial charge on any atom is 0.250 e. The third-order valence-electron chi connectivity index (χ3n) is 6.67. The molecule has 1 aromatic heterocycles. The highest BCUT2D eigenvalue weighted by atomic mass is 35.5. The molecule has 6 nitrogen and oxygen atoms in total. The second kappa shape index (κ2) is 10.2. The number of piperidine rings is 1. The Morgan fingerprint density at radius 3 is 2.78 bits per heavy atom. The lowest BCUT2D eigenvalue weighted by Gasteiger charge is -2.36. The number of benzene rings is 1. The number of aromatic nitrogens is 1. The third kappa shape index (κ3) is 5.25. The number of nitrogens with one attached hydrogen (secondary N) is 1. The summed E-state index contributed by atoms with van der Waals surface area (Å²) in [5, 5.41) is 4.08. The van der Waals surface area contributed by atoms with Gasteiger partial charge in [0.1, 0.15) is 0 Å².